The van der Waals surface area contributed by atoms with Gasteiger partial charge >= 0.3 is 0 Å². The van der Waals surface area contributed by atoms with Crippen LogP contribution in [0.1, 0.15) is 61.6 Å². The number of hydrogen-bond donors (Lipinski definition) is 0. The van der Waals surface area contributed by atoms with Gasteiger partial charge in [0.2, 0.25) is 5.91 Å². The standard InChI is InChI=1S/C32H35NO/c1-33(2)28(34)32-22-29(25-12-6-3-7-13-25)18-19-30(23-32,26-14-8-4-9-15-26)21-31(20-29,24-32)27-16-10-5-11-17-27/h3-17H,18-24H2,1-2H3. The van der Waals surface area contributed by atoms with Crippen LogP contribution in [-0.2, 0) is 21.0 Å². The molecular weight excluding hydrogens is 414 g/mol. The number of fused-ring (bicyclic) bond motifs is 1. The van der Waals surface area contributed by atoms with E-state index >= 15 is 0 Å². The molecule has 2 unspecified atom stereocenters. The SMILES string of the molecule is CN(C)C(=O)C12CC3(c4ccccc4)CCC(c4ccccc4)(C1)CC(c1ccccc1)(C2)C3. The Kier molecular flexibility index (Phi) is 4.82. The Morgan fingerprint density at radius 1 is 0.559 bits per heavy atom. The number of benzene rings is 3. The van der Waals surface area contributed by atoms with Gasteiger partial charge in [0.25, 0.3) is 0 Å². The average Bonchev–Trinajstić information content (AvgIpc) is 3.06. The molecule has 4 aliphatic carbocycles. The van der Waals surface area contributed by atoms with Gasteiger partial charge in [-0.05, 0) is 77.9 Å². The van der Waals surface area contributed by atoms with Gasteiger partial charge in [0, 0.05) is 14.1 Å². The first-order valence-electron chi connectivity index (χ1n) is 12.8. The van der Waals surface area contributed by atoms with E-state index in [-0.39, 0.29) is 21.7 Å². The zero-order chi connectivity index (χ0) is 23.4. The molecule has 7 rings (SSSR count). The van der Waals surface area contributed by atoms with Crippen molar-refractivity contribution in [1.29, 1.82) is 0 Å². The third-order valence-corrected chi connectivity index (χ3v) is 9.48. The Hall–Kier alpha value is -2.87. The number of rotatable bonds is 4. The number of carbonyl (C=O) groups is 1. The molecule has 3 aromatic carbocycles. The van der Waals surface area contributed by atoms with Crippen LogP contribution in [0.15, 0.2) is 91.0 Å². The molecule has 0 radical (unpaired) electrons. The Morgan fingerprint density at radius 3 is 1.29 bits per heavy atom. The van der Waals surface area contributed by atoms with E-state index in [0.29, 0.717) is 5.91 Å². The van der Waals surface area contributed by atoms with Gasteiger partial charge in [-0.2, -0.15) is 0 Å². The first-order valence-corrected chi connectivity index (χ1v) is 12.8. The maximum atomic E-state index is 14.2. The van der Waals surface area contributed by atoms with Gasteiger partial charge in [0.1, 0.15) is 0 Å². The fourth-order valence-corrected chi connectivity index (χ4v) is 8.65. The second-order valence-corrected chi connectivity index (χ2v) is 11.8. The Balaban J connectivity index is 1.64. The van der Waals surface area contributed by atoms with Crippen molar-refractivity contribution in [3.05, 3.63) is 108 Å². The molecular formula is C32H35NO. The Labute approximate surface area is 204 Å². The van der Waals surface area contributed by atoms with Crippen LogP contribution in [0.3, 0.4) is 0 Å². The minimum Gasteiger partial charge on any atom is -0.348 e. The lowest BCUT2D eigenvalue weighted by molar-refractivity contribution is -0.150. The molecule has 34 heavy (non-hydrogen) atoms. The Morgan fingerprint density at radius 2 is 0.912 bits per heavy atom. The molecule has 0 N–H and O–H groups in total. The highest BCUT2D eigenvalue weighted by molar-refractivity contribution is 5.84. The zero-order valence-corrected chi connectivity index (χ0v) is 20.5. The smallest absolute Gasteiger partial charge is 0.228 e. The highest BCUT2D eigenvalue weighted by Crippen LogP contribution is 2.71. The molecule has 4 fully saturated rings. The molecule has 0 saturated heterocycles. The van der Waals surface area contributed by atoms with E-state index in [1.807, 2.05) is 19.0 Å². The summed E-state index contributed by atoms with van der Waals surface area (Å²) in [5.41, 5.74) is 3.97. The molecule has 4 bridgehead atoms. The number of carbonyl (C=O) groups excluding carboxylic acids is 1. The highest BCUT2D eigenvalue weighted by atomic mass is 16.2. The lowest BCUT2D eigenvalue weighted by atomic mass is 9.42. The predicted molar refractivity (Wildman–Crippen MR) is 138 cm³/mol. The van der Waals surface area contributed by atoms with E-state index < -0.39 is 0 Å². The van der Waals surface area contributed by atoms with Crippen molar-refractivity contribution in [3.8, 4) is 0 Å². The maximum absolute atomic E-state index is 14.2. The van der Waals surface area contributed by atoms with Gasteiger partial charge in [-0.15, -0.1) is 0 Å². The maximum Gasteiger partial charge on any atom is 0.228 e. The van der Waals surface area contributed by atoms with E-state index in [2.05, 4.69) is 91.0 Å². The summed E-state index contributed by atoms with van der Waals surface area (Å²) in [6.45, 7) is 0. The van der Waals surface area contributed by atoms with E-state index in [4.69, 9.17) is 0 Å². The number of hydrogen-bond acceptors (Lipinski definition) is 1. The van der Waals surface area contributed by atoms with Crippen LogP contribution < -0.4 is 0 Å². The van der Waals surface area contributed by atoms with Gasteiger partial charge in [0.05, 0.1) is 5.41 Å². The third-order valence-electron chi connectivity index (χ3n) is 9.48. The molecule has 2 atom stereocenters. The molecule has 4 aliphatic rings. The lowest BCUT2D eigenvalue weighted by Gasteiger charge is -2.61. The van der Waals surface area contributed by atoms with Crippen LogP contribution >= 0.6 is 0 Å². The normalized spacial score (nSPS) is 33.9. The Bertz CT molecular complexity index is 1130. The van der Waals surface area contributed by atoms with Gasteiger partial charge in [-0.1, -0.05) is 91.0 Å². The summed E-state index contributed by atoms with van der Waals surface area (Å²) in [5, 5.41) is 0. The topological polar surface area (TPSA) is 20.3 Å². The predicted octanol–water partition coefficient (Wildman–Crippen LogP) is 6.65. The van der Waals surface area contributed by atoms with Crippen molar-refractivity contribution in [2.45, 2.75) is 61.2 Å². The van der Waals surface area contributed by atoms with Gasteiger partial charge < -0.3 is 4.90 Å². The summed E-state index contributed by atoms with van der Waals surface area (Å²) in [6, 6.07) is 33.5. The van der Waals surface area contributed by atoms with Crippen LogP contribution in [0.5, 0.6) is 0 Å². The number of nitrogens with zero attached hydrogens (tertiary/aromatic N) is 1. The molecule has 0 aromatic heterocycles. The van der Waals surface area contributed by atoms with Gasteiger partial charge in [-0.3, -0.25) is 4.79 Å². The van der Waals surface area contributed by atoms with Crippen LogP contribution in [0.4, 0.5) is 0 Å². The third kappa shape index (κ3) is 3.11. The van der Waals surface area contributed by atoms with Gasteiger partial charge in [0.15, 0.2) is 0 Å². The van der Waals surface area contributed by atoms with Crippen LogP contribution in [0, 0.1) is 5.41 Å². The minimum absolute atomic E-state index is 0.00832. The van der Waals surface area contributed by atoms with Gasteiger partial charge in [-0.25, -0.2) is 0 Å². The van der Waals surface area contributed by atoms with E-state index in [0.717, 1.165) is 44.9 Å². The molecule has 0 heterocycles. The minimum atomic E-state index is -0.349. The second-order valence-electron chi connectivity index (χ2n) is 11.8. The van der Waals surface area contributed by atoms with Crippen molar-refractivity contribution >= 4 is 5.91 Å². The molecule has 4 saturated carbocycles. The molecule has 2 nitrogen and oxygen atoms in total. The summed E-state index contributed by atoms with van der Waals surface area (Å²) in [5.74, 6) is 0.328. The van der Waals surface area contributed by atoms with Crippen LogP contribution in [0.25, 0.3) is 0 Å². The summed E-state index contributed by atoms with van der Waals surface area (Å²) < 4.78 is 0. The van der Waals surface area contributed by atoms with Crippen molar-refractivity contribution in [2.75, 3.05) is 14.1 Å². The van der Waals surface area contributed by atoms with Crippen molar-refractivity contribution in [2.24, 2.45) is 5.41 Å². The van der Waals surface area contributed by atoms with Crippen molar-refractivity contribution in [3.63, 3.8) is 0 Å². The molecule has 1 amide bonds. The largest absolute Gasteiger partial charge is 0.348 e. The molecule has 0 spiro atoms. The van der Waals surface area contributed by atoms with Crippen molar-refractivity contribution in [1.82, 2.24) is 4.90 Å². The van der Waals surface area contributed by atoms with E-state index in [1.165, 1.54) is 16.7 Å². The lowest BCUT2D eigenvalue weighted by Crippen LogP contribution is -2.60. The first kappa shape index (κ1) is 21.6. The van der Waals surface area contributed by atoms with Crippen LogP contribution in [0.2, 0.25) is 0 Å². The van der Waals surface area contributed by atoms with Crippen LogP contribution in [-0.4, -0.2) is 24.9 Å². The second kappa shape index (κ2) is 7.57. The monoisotopic (exact) mass is 449 g/mol. The summed E-state index contributed by atoms with van der Waals surface area (Å²) >= 11 is 0. The fourth-order valence-electron chi connectivity index (χ4n) is 8.65. The highest BCUT2D eigenvalue weighted by Gasteiger charge is 2.68. The summed E-state index contributed by atoms with van der Waals surface area (Å²) in [7, 11) is 3.91. The molecule has 2 heteroatoms. The quantitative estimate of drug-likeness (QED) is 0.437. The number of amides is 1. The summed E-state index contributed by atoms with van der Waals surface area (Å²) in [4.78, 5) is 16.1. The summed E-state index contributed by atoms with van der Waals surface area (Å²) in [6.07, 6.45) is 7.43. The van der Waals surface area contributed by atoms with E-state index in [9.17, 15) is 4.79 Å². The average molecular weight is 450 g/mol. The fraction of sp³-hybridized carbons (Fsp3) is 0.406. The molecule has 174 valence electrons. The molecule has 0 aliphatic heterocycles. The molecule has 3 aromatic rings. The van der Waals surface area contributed by atoms with Crippen molar-refractivity contribution < 1.29 is 4.79 Å². The first-order chi connectivity index (χ1) is 16.4. The van der Waals surface area contributed by atoms with E-state index in [1.54, 1.807) is 0 Å². The zero-order valence-electron chi connectivity index (χ0n) is 20.5.